The van der Waals surface area contributed by atoms with Gasteiger partial charge in [-0.15, -0.1) is 0 Å². The van der Waals surface area contributed by atoms with E-state index in [1.165, 1.54) is 12.8 Å². The molecule has 4 atom stereocenters. The molecule has 4 unspecified atom stereocenters. The number of rotatable bonds is 5. The molecule has 2 heterocycles. The first kappa shape index (κ1) is 19.3. The lowest BCUT2D eigenvalue weighted by atomic mass is 9.76. The summed E-state index contributed by atoms with van der Waals surface area (Å²) in [5, 5.41) is 3.02. The second-order valence-corrected chi connectivity index (χ2v) is 7.86. The third-order valence-corrected chi connectivity index (χ3v) is 5.90. The Morgan fingerprint density at radius 1 is 1.42 bits per heavy atom. The number of hydroxylamine groups is 1. The fourth-order valence-corrected chi connectivity index (χ4v) is 4.30. The first-order chi connectivity index (χ1) is 12.6. The van der Waals surface area contributed by atoms with Crippen LogP contribution in [-0.4, -0.2) is 48.5 Å². The van der Waals surface area contributed by atoms with Crippen LogP contribution < -0.4 is 16.5 Å². The van der Waals surface area contributed by atoms with Crippen molar-refractivity contribution in [3.8, 4) is 0 Å². The van der Waals surface area contributed by atoms with Gasteiger partial charge in [0.1, 0.15) is 6.04 Å². The van der Waals surface area contributed by atoms with Crippen LogP contribution in [-0.2, 0) is 14.4 Å². The summed E-state index contributed by atoms with van der Waals surface area (Å²) >= 11 is 0. The van der Waals surface area contributed by atoms with Crippen molar-refractivity contribution >= 4 is 11.8 Å². The SMILES string of the molecule is CC1CCCC2CC(C(=O)NC3=CCN(C(=O)CCCN)CC3)NOC12. The van der Waals surface area contributed by atoms with Crippen molar-refractivity contribution in [1.82, 2.24) is 15.7 Å². The number of carbonyl (C=O) groups excluding carboxylic acids is 2. The van der Waals surface area contributed by atoms with Gasteiger partial charge in [-0.1, -0.05) is 13.3 Å². The largest absolute Gasteiger partial charge is 0.339 e. The molecule has 0 spiro atoms. The number of nitrogens with one attached hydrogen (secondary N) is 2. The molecule has 4 N–H and O–H groups in total. The highest BCUT2D eigenvalue weighted by atomic mass is 16.7. The van der Waals surface area contributed by atoms with Gasteiger partial charge in [0.05, 0.1) is 6.10 Å². The summed E-state index contributed by atoms with van der Waals surface area (Å²) < 4.78 is 0. The Kier molecular flexibility index (Phi) is 6.67. The van der Waals surface area contributed by atoms with Gasteiger partial charge in [-0.2, -0.15) is 5.48 Å². The summed E-state index contributed by atoms with van der Waals surface area (Å²) in [6.07, 6.45) is 8.46. The smallest absolute Gasteiger partial charge is 0.243 e. The zero-order chi connectivity index (χ0) is 18.5. The molecule has 0 bridgehead atoms. The predicted molar refractivity (Wildman–Crippen MR) is 98.6 cm³/mol. The number of amides is 2. The van der Waals surface area contributed by atoms with Crippen LogP contribution in [0, 0.1) is 11.8 Å². The van der Waals surface area contributed by atoms with Crippen LogP contribution in [0.1, 0.15) is 51.9 Å². The van der Waals surface area contributed by atoms with E-state index in [-0.39, 0.29) is 24.0 Å². The fourth-order valence-electron chi connectivity index (χ4n) is 4.30. The molecule has 1 aliphatic carbocycles. The van der Waals surface area contributed by atoms with E-state index in [1.807, 2.05) is 11.0 Å². The molecule has 0 aromatic heterocycles. The molecule has 0 aromatic rings. The Bertz CT molecular complexity index is 551. The average molecular weight is 364 g/mol. The number of hydrogen-bond donors (Lipinski definition) is 3. The lowest BCUT2D eigenvalue weighted by Crippen LogP contribution is -2.54. The Morgan fingerprint density at radius 3 is 3.00 bits per heavy atom. The van der Waals surface area contributed by atoms with Gasteiger partial charge in [-0.3, -0.25) is 14.4 Å². The lowest BCUT2D eigenvalue weighted by molar-refractivity contribution is -0.160. The molecule has 2 amide bonds. The minimum absolute atomic E-state index is 0.0316. The minimum atomic E-state index is -0.299. The van der Waals surface area contributed by atoms with Gasteiger partial charge in [-0.05, 0) is 50.1 Å². The van der Waals surface area contributed by atoms with E-state index in [0.717, 1.165) is 25.0 Å². The second kappa shape index (κ2) is 8.97. The second-order valence-electron chi connectivity index (χ2n) is 7.86. The van der Waals surface area contributed by atoms with E-state index >= 15 is 0 Å². The van der Waals surface area contributed by atoms with Crippen LogP contribution in [0.4, 0.5) is 0 Å². The number of fused-ring (bicyclic) bond motifs is 1. The molecule has 2 aliphatic heterocycles. The molecule has 26 heavy (non-hydrogen) atoms. The maximum absolute atomic E-state index is 12.6. The Hall–Kier alpha value is -1.44. The van der Waals surface area contributed by atoms with Crippen molar-refractivity contribution in [2.45, 2.75) is 64.0 Å². The first-order valence-corrected chi connectivity index (χ1v) is 9.97. The Labute approximate surface area is 155 Å². The van der Waals surface area contributed by atoms with E-state index in [9.17, 15) is 9.59 Å². The van der Waals surface area contributed by atoms with Crippen molar-refractivity contribution in [2.24, 2.45) is 17.6 Å². The topological polar surface area (TPSA) is 96.7 Å². The average Bonchev–Trinajstić information content (AvgIpc) is 2.66. The molecule has 1 saturated carbocycles. The molecular formula is C19H32N4O3. The fraction of sp³-hybridized carbons (Fsp3) is 0.789. The number of nitrogens with two attached hydrogens (primary N) is 1. The molecular weight excluding hydrogens is 332 g/mol. The summed E-state index contributed by atoms with van der Waals surface area (Å²) in [5.74, 6) is 1.12. The first-order valence-electron chi connectivity index (χ1n) is 9.97. The number of nitrogens with zero attached hydrogens (tertiary/aromatic N) is 1. The third-order valence-electron chi connectivity index (χ3n) is 5.90. The molecule has 7 nitrogen and oxygen atoms in total. The van der Waals surface area contributed by atoms with Crippen LogP contribution in [0.25, 0.3) is 0 Å². The quantitative estimate of drug-likeness (QED) is 0.678. The summed E-state index contributed by atoms with van der Waals surface area (Å²) in [5.41, 5.74) is 9.33. The number of hydrogen-bond acceptors (Lipinski definition) is 5. The van der Waals surface area contributed by atoms with Gasteiger partial charge in [0.25, 0.3) is 0 Å². The molecule has 3 rings (SSSR count). The summed E-state index contributed by atoms with van der Waals surface area (Å²) in [6.45, 7) is 3.96. The molecule has 0 aromatic carbocycles. The van der Waals surface area contributed by atoms with Gasteiger partial charge in [0, 0.05) is 31.6 Å². The van der Waals surface area contributed by atoms with Crippen LogP contribution in [0.5, 0.6) is 0 Å². The Balaban J connectivity index is 1.47. The lowest BCUT2D eigenvalue weighted by Gasteiger charge is -2.42. The summed E-state index contributed by atoms with van der Waals surface area (Å²) in [4.78, 5) is 32.2. The maximum Gasteiger partial charge on any atom is 0.243 e. The van der Waals surface area contributed by atoms with Gasteiger partial charge >= 0.3 is 0 Å². The maximum atomic E-state index is 12.6. The van der Waals surface area contributed by atoms with E-state index in [2.05, 4.69) is 17.7 Å². The van der Waals surface area contributed by atoms with Gasteiger partial charge < -0.3 is 16.0 Å². The van der Waals surface area contributed by atoms with Crippen molar-refractivity contribution in [3.63, 3.8) is 0 Å². The standard InChI is InChI=1S/C19H32N4O3/c1-13-4-2-5-14-12-16(22-26-18(13)14)19(25)21-15-7-10-23(11-8-15)17(24)6-3-9-20/h7,13-14,16,18,22H,2-6,8-12,20H2,1H3,(H,21,25). The highest BCUT2D eigenvalue weighted by Gasteiger charge is 2.39. The predicted octanol–water partition coefficient (Wildman–Crippen LogP) is 1.06. The summed E-state index contributed by atoms with van der Waals surface area (Å²) in [6, 6.07) is -0.299. The van der Waals surface area contributed by atoms with Crippen LogP contribution >= 0.6 is 0 Å². The van der Waals surface area contributed by atoms with Crippen molar-refractivity contribution in [3.05, 3.63) is 11.8 Å². The highest BCUT2D eigenvalue weighted by Crippen LogP contribution is 2.36. The molecule has 2 fully saturated rings. The normalized spacial score (nSPS) is 31.8. The van der Waals surface area contributed by atoms with Crippen LogP contribution in [0.3, 0.4) is 0 Å². The van der Waals surface area contributed by atoms with Crippen LogP contribution in [0.2, 0.25) is 0 Å². The van der Waals surface area contributed by atoms with Gasteiger partial charge in [-0.25, -0.2) is 0 Å². The van der Waals surface area contributed by atoms with Gasteiger partial charge in [0.15, 0.2) is 0 Å². The van der Waals surface area contributed by atoms with Crippen molar-refractivity contribution < 1.29 is 14.4 Å². The molecule has 7 heteroatoms. The molecule has 1 saturated heterocycles. The Morgan fingerprint density at radius 2 is 2.27 bits per heavy atom. The van der Waals surface area contributed by atoms with Gasteiger partial charge in [0.2, 0.25) is 11.8 Å². The number of carbonyl (C=O) groups is 2. The van der Waals surface area contributed by atoms with Crippen molar-refractivity contribution in [1.29, 1.82) is 0 Å². The van der Waals surface area contributed by atoms with Crippen molar-refractivity contribution in [2.75, 3.05) is 19.6 Å². The molecule has 146 valence electrons. The van der Waals surface area contributed by atoms with E-state index < -0.39 is 0 Å². The monoisotopic (exact) mass is 364 g/mol. The summed E-state index contributed by atoms with van der Waals surface area (Å²) in [7, 11) is 0. The van der Waals surface area contributed by atoms with E-state index in [4.69, 9.17) is 10.6 Å². The molecule has 0 radical (unpaired) electrons. The zero-order valence-corrected chi connectivity index (χ0v) is 15.7. The molecule has 3 aliphatic rings. The van der Waals surface area contributed by atoms with Crippen LogP contribution in [0.15, 0.2) is 11.8 Å². The highest BCUT2D eigenvalue weighted by molar-refractivity contribution is 5.83. The van der Waals surface area contributed by atoms with E-state index in [1.54, 1.807) is 0 Å². The third kappa shape index (κ3) is 4.64. The zero-order valence-electron chi connectivity index (χ0n) is 15.7. The minimum Gasteiger partial charge on any atom is -0.339 e. The van der Waals surface area contributed by atoms with E-state index in [0.29, 0.717) is 44.3 Å².